The molecule has 0 amide bonds. The molecule has 3 nitrogen and oxygen atoms in total. The summed E-state index contributed by atoms with van der Waals surface area (Å²) in [6, 6.07) is 0.754. The Labute approximate surface area is 91.8 Å². The minimum absolute atomic E-state index is 0.0274. The van der Waals surface area contributed by atoms with Gasteiger partial charge in [0.25, 0.3) is 0 Å². The highest BCUT2D eigenvalue weighted by atomic mass is 16.5. The molecule has 15 heavy (non-hydrogen) atoms. The fraction of sp³-hybridized carbons (Fsp3) is 0.917. The number of esters is 1. The van der Waals surface area contributed by atoms with Crippen LogP contribution < -0.4 is 0 Å². The summed E-state index contributed by atoms with van der Waals surface area (Å²) in [5.41, 5.74) is 0. The highest BCUT2D eigenvalue weighted by Crippen LogP contribution is 2.30. The molecule has 0 spiro atoms. The lowest BCUT2D eigenvalue weighted by Gasteiger charge is -2.41. The van der Waals surface area contributed by atoms with Crippen LogP contribution >= 0.6 is 0 Å². The monoisotopic (exact) mass is 211 g/mol. The molecule has 1 saturated carbocycles. The number of hydrogen-bond donors (Lipinski definition) is 0. The summed E-state index contributed by atoms with van der Waals surface area (Å²) in [6.45, 7) is 4.94. The highest BCUT2D eigenvalue weighted by Gasteiger charge is 2.31. The molecule has 1 aliphatic carbocycles. The van der Waals surface area contributed by atoms with Crippen molar-refractivity contribution >= 4 is 5.97 Å². The van der Waals surface area contributed by atoms with Gasteiger partial charge in [-0.15, -0.1) is 0 Å². The van der Waals surface area contributed by atoms with Gasteiger partial charge in [-0.25, -0.2) is 0 Å². The Morgan fingerprint density at radius 1 is 1.27 bits per heavy atom. The van der Waals surface area contributed by atoms with Gasteiger partial charge >= 0.3 is 5.97 Å². The van der Waals surface area contributed by atoms with Crippen molar-refractivity contribution in [2.75, 3.05) is 19.7 Å². The van der Waals surface area contributed by atoms with Crippen LogP contribution in [0.3, 0.4) is 0 Å². The molecule has 0 N–H and O–H groups in total. The first-order valence-electron chi connectivity index (χ1n) is 6.22. The Hall–Kier alpha value is -0.570. The van der Waals surface area contributed by atoms with Crippen LogP contribution in [-0.4, -0.2) is 36.6 Å². The molecule has 86 valence electrons. The van der Waals surface area contributed by atoms with Crippen LogP contribution in [0.2, 0.25) is 0 Å². The Balaban J connectivity index is 1.73. The van der Waals surface area contributed by atoms with Gasteiger partial charge in [0.1, 0.15) is 0 Å². The van der Waals surface area contributed by atoms with E-state index in [1.54, 1.807) is 0 Å². The van der Waals surface area contributed by atoms with E-state index in [1.165, 1.54) is 32.4 Å². The van der Waals surface area contributed by atoms with Gasteiger partial charge in [0.05, 0.1) is 12.5 Å². The van der Waals surface area contributed by atoms with E-state index in [0.717, 1.165) is 18.9 Å². The maximum absolute atomic E-state index is 11.5. The summed E-state index contributed by atoms with van der Waals surface area (Å²) in [5.74, 6) is 0.210. The number of carbonyl (C=O) groups is 1. The molecular formula is C12H21NO2. The molecule has 0 radical (unpaired) electrons. The molecule has 2 aliphatic rings. The SMILES string of the molecule is CCOC(=O)C1CCC(N2CCC2)CC1. The molecule has 2 rings (SSSR count). The van der Waals surface area contributed by atoms with Gasteiger partial charge in [-0.05, 0) is 52.1 Å². The van der Waals surface area contributed by atoms with Crippen molar-refractivity contribution in [2.24, 2.45) is 5.92 Å². The number of likely N-dealkylation sites (tertiary alicyclic amines) is 1. The Morgan fingerprint density at radius 3 is 2.40 bits per heavy atom. The van der Waals surface area contributed by atoms with E-state index < -0.39 is 0 Å². The average molecular weight is 211 g/mol. The zero-order valence-corrected chi connectivity index (χ0v) is 9.58. The minimum atomic E-state index is 0.0274. The largest absolute Gasteiger partial charge is 0.466 e. The lowest BCUT2D eigenvalue weighted by Crippen LogP contribution is -2.47. The first-order chi connectivity index (χ1) is 7.31. The van der Waals surface area contributed by atoms with Crippen molar-refractivity contribution in [3.63, 3.8) is 0 Å². The lowest BCUT2D eigenvalue weighted by molar-refractivity contribution is -0.149. The molecule has 0 unspecified atom stereocenters. The van der Waals surface area contributed by atoms with Crippen LogP contribution in [0, 0.1) is 5.92 Å². The van der Waals surface area contributed by atoms with Crippen LogP contribution in [0.25, 0.3) is 0 Å². The third-order valence-corrected chi connectivity index (χ3v) is 3.72. The van der Waals surface area contributed by atoms with Crippen LogP contribution in [0.15, 0.2) is 0 Å². The molecule has 1 saturated heterocycles. The van der Waals surface area contributed by atoms with Crippen LogP contribution in [-0.2, 0) is 9.53 Å². The van der Waals surface area contributed by atoms with E-state index >= 15 is 0 Å². The van der Waals surface area contributed by atoms with Crippen molar-refractivity contribution in [3.05, 3.63) is 0 Å². The fourth-order valence-corrected chi connectivity index (χ4v) is 2.64. The van der Waals surface area contributed by atoms with Gasteiger partial charge in [0.2, 0.25) is 0 Å². The lowest BCUT2D eigenvalue weighted by atomic mass is 9.84. The quantitative estimate of drug-likeness (QED) is 0.667. The molecule has 0 aromatic carbocycles. The van der Waals surface area contributed by atoms with E-state index in [2.05, 4.69) is 4.90 Å². The van der Waals surface area contributed by atoms with Crippen molar-refractivity contribution in [1.82, 2.24) is 4.90 Å². The summed E-state index contributed by atoms with van der Waals surface area (Å²) in [7, 11) is 0. The van der Waals surface area contributed by atoms with Crippen LogP contribution in [0.5, 0.6) is 0 Å². The predicted molar refractivity (Wildman–Crippen MR) is 58.6 cm³/mol. The molecule has 0 atom stereocenters. The molecular weight excluding hydrogens is 190 g/mol. The highest BCUT2D eigenvalue weighted by molar-refractivity contribution is 5.72. The maximum Gasteiger partial charge on any atom is 0.308 e. The van der Waals surface area contributed by atoms with Crippen molar-refractivity contribution < 1.29 is 9.53 Å². The average Bonchev–Trinajstić information content (AvgIpc) is 2.16. The van der Waals surface area contributed by atoms with Crippen molar-refractivity contribution in [2.45, 2.75) is 45.1 Å². The predicted octanol–water partition coefficient (Wildman–Crippen LogP) is 1.81. The van der Waals surface area contributed by atoms with Crippen molar-refractivity contribution in [3.8, 4) is 0 Å². The third kappa shape index (κ3) is 2.51. The first-order valence-corrected chi connectivity index (χ1v) is 6.22. The zero-order valence-electron chi connectivity index (χ0n) is 9.58. The second kappa shape index (κ2) is 4.97. The first kappa shape index (κ1) is 10.9. The molecule has 0 aromatic heterocycles. The molecule has 0 bridgehead atoms. The number of hydrogen-bond acceptors (Lipinski definition) is 3. The van der Waals surface area contributed by atoms with Crippen molar-refractivity contribution in [1.29, 1.82) is 0 Å². The molecule has 1 heterocycles. The normalized spacial score (nSPS) is 32.1. The summed E-state index contributed by atoms with van der Waals surface area (Å²) < 4.78 is 5.06. The van der Waals surface area contributed by atoms with Gasteiger partial charge in [0.15, 0.2) is 0 Å². The summed E-state index contributed by atoms with van der Waals surface area (Å²) >= 11 is 0. The standard InChI is InChI=1S/C12H21NO2/c1-2-15-12(14)10-4-6-11(7-5-10)13-8-3-9-13/h10-11H,2-9H2,1H3. The summed E-state index contributed by atoms with van der Waals surface area (Å²) in [6.07, 6.45) is 5.78. The van der Waals surface area contributed by atoms with Gasteiger partial charge in [-0.3, -0.25) is 4.79 Å². The zero-order chi connectivity index (χ0) is 10.7. The molecule has 1 aliphatic heterocycles. The maximum atomic E-state index is 11.5. The summed E-state index contributed by atoms with van der Waals surface area (Å²) in [5, 5.41) is 0. The molecule has 0 aromatic rings. The number of rotatable bonds is 3. The number of nitrogens with zero attached hydrogens (tertiary/aromatic N) is 1. The van der Waals surface area contributed by atoms with E-state index in [-0.39, 0.29) is 11.9 Å². The van der Waals surface area contributed by atoms with E-state index in [4.69, 9.17) is 4.74 Å². The Bertz CT molecular complexity index is 218. The molecule has 3 heteroatoms. The minimum Gasteiger partial charge on any atom is -0.466 e. The Morgan fingerprint density at radius 2 is 1.93 bits per heavy atom. The van der Waals surface area contributed by atoms with Gasteiger partial charge in [-0.1, -0.05) is 0 Å². The van der Waals surface area contributed by atoms with Gasteiger partial charge in [0, 0.05) is 6.04 Å². The number of ether oxygens (including phenoxy) is 1. The topological polar surface area (TPSA) is 29.5 Å². The third-order valence-electron chi connectivity index (χ3n) is 3.72. The number of carbonyl (C=O) groups excluding carboxylic acids is 1. The second-order valence-electron chi connectivity index (χ2n) is 4.65. The van der Waals surface area contributed by atoms with Gasteiger partial charge < -0.3 is 9.64 Å². The van der Waals surface area contributed by atoms with Crippen LogP contribution in [0.4, 0.5) is 0 Å². The van der Waals surface area contributed by atoms with E-state index in [9.17, 15) is 4.79 Å². The van der Waals surface area contributed by atoms with Crippen LogP contribution in [0.1, 0.15) is 39.0 Å². The van der Waals surface area contributed by atoms with E-state index in [0.29, 0.717) is 6.61 Å². The Kier molecular flexibility index (Phi) is 3.62. The van der Waals surface area contributed by atoms with Gasteiger partial charge in [-0.2, -0.15) is 0 Å². The smallest absolute Gasteiger partial charge is 0.308 e. The fourth-order valence-electron chi connectivity index (χ4n) is 2.64. The second-order valence-corrected chi connectivity index (χ2v) is 4.65. The summed E-state index contributed by atoms with van der Waals surface area (Å²) in [4.78, 5) is 14.1. The molecule has 2 fully saturated rings. The van der Waals surface area contributed by atoms with E-state index in [1.807, 2.05) is 6.92 Å².